The highest BCUT2D eigenvalue weighted by Gasteiger charge is 2.16. The zero-order valence-corrected chi connectivity index (χ0v) is 15.7. The molecule has 0 amide bonds. The van der Waals surface area contributed by atoms with Crippen LogP contribution in [0.3, 0.4) is 0 Å². The van der Waals surface area contributed by atoms with Gasteiger partial charge in [-0.15, -0.1) is 24.0 Å². The maximum Gasteiger partial charge on any atom is 0.213 e. The Morgan fingerprint density at radius 1 is 1.21 bits per heavy atom. The van der Waals surface area contributed by atoms with Gasteiger partial charge in [0.1, 0.15) is 11.9 Å². The van der Waals surface area contributed by atoms with Gasteiger partial charge in [-0.2, -0.15) is 0 Å². The highest BCUT2D eigenvalue weighted by Crippen LogP contribution is 2.22. The third-order valence-corrected chi connectivity index (χ3v) is 3.74. The van der Waals surface area contributed by atoms with Crippen molar-refractivity contribution in [3.8, 4) is 5.88 Å². The van der Waals surface area contributed by atoms with Gasteiger partial charge in [-0.25, -0.2) is 15.0 Å². The SMILES string of the molecule is I.NC(=NCc1ccc(OC2CCCC2)nc1)Nc1ccccn1. The molecule has 3 rings (SSSR count). The molecule has 1 saturated carbocycles. The van der Waals surface area contributed by atoms with Gasteiger partial charge in [-0.1, -0.05) is 12.1 Å². The maximum absolute atomic E-state index is 5.85. The predicted molar refractivity (Wildman–Crippen MR) is 106 cm³/mol. The first-order valence-corrected chi connectivity index (χ1v) is 7.89. The van der Waals surface area contributed by atoms with Gasteiger partial charge < -0.3 is 15.8 Å². The topological polar surface area (TPSA) is 85.4 Å². The summed E-state index contributed by atoms with van der Waals surface area (Å²) in [6.45, 7) is 0.461. The second-order valence-electron chi connectivity index (χ2n) is 5.57. The Bertz CT molecular complexity index is 642. The Kier molecular flexibility index (Phi) is 7.23. The zero-order chi connectivity index (χ0) is 15.9. The van der Waals surface area contributed by atoms with Crippen LogP contribution in [0.5, 0.6) is 5.88 Å². The van der Waals surface area contributed by atoms with E-state index < -0.39 is 0 Å². The molecule has 0 bridgehead atoms. The number of pyridine rings is 2. The van der Waals surface area contributed by atoms with Gasteiger partial charge in [0, 0.05) is 18.5 Å². The molecule has 1 aliphatic rings. The monoisotopic (exact) mass is 439 g/mol. The van der Waals surface area contributed by atoms with Gasteiger partial charge in [0.2, 0.25) is 5.88 Å². The molecule has 2 aromatic rings. The summed E-state index contributed by atoms with van der Waals surface area (Å²) in [7, 11) is 0. The van der Waals surface area contributed by atoms with Crippen LogP contribution < -0.4 is 15.8 Å². The van der Waals surface area contributed by atoms with Gasteiger partial charge >= 0.3 is 0 Å². The predicted octanol–water partition coefficient (Wildman–Crippen LogP) is 3.34. The van der Waals surface area contributed by atoms with Crippen molar-refractivity contribution >= 4 is 35.8 Å². The fourth-order valence-corrected chi connectivity index (χ4v) is 2.54. The van der Waals surface area contributed by atoms with Crippen LogP contribution in [-0.2, 0) is 6.54 Å². The van der Waals surface area contributed by atoms with Gasteiger partial charge in [0.05, 0.1) is 6.54 Å². The standard InChI is InChI=1S/C17H21N5O.HI/c18-17(22-15-7-3-4-10-19-15)21-12-13-8-9-16(20-11-13)23-14-5-1-2-6-14;/h3-4,7-11,14H,1-2,5-6,12H2,(H3,18,19,21,22);1H. The Morgan fingerprint density at radius 2 is 2.04 bits per heavy atom. The minimum atomic E-state index is 0. The average molecular weight is 439 g/mol. The molecule has 7 heteroatoms. The quantitative estimate of drug-likeness (QED) is 0.424. The number of aliphatic imine (C=N–C) groups is 1. The van der Waals surface area contributed by atoms with Crippen molar-refractivity contribution in [1.82, 2.24) is 9.97 Å². The van der Waals surface area contributed by atoms with Gasteiger partial charge in [-0.3, -0.25) is 0 Å². The second-order valence-corrected chi connectivity index (χ2v) is 5.57. The van der Waals surface area contributed by atoms with Crippen LogP contribution in [0, 0.1) is 0 Å². The highest BCUT2D eigenvalue weighted by atomic mass is 127. The van der Waals surface area contributed by atoms with Crippen LogP contribution in [0.15, 0.2) is 47.7 Å². The van der Waals surface area contributed by atoms with E-state index in [-0.39, 0.29) is 24.0 Å². The maximum atomic E-state index is 5.85. The molecule has 2 heterocycles. The smallest absolute Gasteiger partial charge is 0.213 e. The number of halogens is 1. The summed E-state index contributed by atoms with van der Waals surface area (Å²) >= 11 is 0. The lowest BCUT2D eigenvalue weighted by molar-refractivity contribution is 0.201. The molecule has 24 heavy (non-hydrogen) atoms. The molecule has 3 N–H and O–H groups in total. The van der Waals surface area contributed by atoms with E-state index in [1.165, 1.54) is 12.8 Å². The number of aromatic nitrogens is 2. The summed E-state index contributed by atoms with van der Waals surface area (Å²) in [4.78, 5) is 12.8. The zero-order valence-electron chi connectivity index (χ0n) is 13.4. The first-order valence-electron chi connectivity index (χ1n) is 7.89. The summed E-state index contributed by atoms with van der Waals surface area (Å²) in [5.41, 5.74) is 6.83. The van der Waals surface area contributed by atoms with Crippen LogP contribution in [0.2, 0.25) is 0 Å². The number of nitrogens with one attached hydrogen (secondary N) is 1. The lowest BCUT2D eigenvalue weighted by Crippen LogP contribution is -2.23. The van der Waals surface area contributed by atoms with Crippen molar-refractivity contribution < 1.29 is 4.74 Å². The fraction of sp³-hybridized carbons (Fsp3) is 0.353. The molecule has 0 radical (unpaired) electrons. The summed E-state index contributed by atoms with van der Waals surface area (Å²) in [6.07, 6.45) is 8.56. The fourth-order valence-electron chi connectivity index (χ4n) is 2.54. The molecule has 2 aromatic heterocycles. The first kappa shape index (κ1) is 18.4. The Morgan fingerprint density at radius 3 is 2.71 bits per heavy atom. The van der Waals surface area contributed by atoms with Crippen molar-refractivity contribution in [3.05, 3.63) is 48.3 Å². The molecule has 0 atom stereocenters. The number of nitrogens with zero attached hydrogens (tertiary/aromatic N) is 3. The molecular weight excluding hydrogens is 417 g/mol. The van der Waals surface area contributed by atoms with Crippen molar-refractivity contribution in [2.75, 3.05) is 5.32 Å². The van der Waals surface area contributed by atoms with Crippen LogP contribution in [-0.4, -0.2) is 22.0 Å². The van der Waals surface area contributed by atoms with Crippen LogP contribution >= 0.6 is 24.0 Å². The number of guanidine groups is 1. The summed E-state index contributed by atoms with van der Waals surface area (Å²) in [5, 5.41) is 2.94. The van der Waals surface area contributed by atoms with Gasteiger partial charge in [-0.05, 0) is 43.4 Å². The molecular formula is C17H22IN5O. The summed E-state index contributed by atoms with van der Waals surface area (Å²) < 4.78 is 5.84. The number of ether oxygens (including phenoxy) is 1. The minimum absolute atomic E-state index is 0. The van der Waals surface area contributed by atoms with E-state index in [1.807, 2.05) is 30.3 Å². The van der Waals surface area contributed by atoms with Crippen molar-refractivity contribution in [1.29, 1.82) is 0 Å². The minimum Gasteiger partial charge on any atom is -0.474 e. The highest BCUT2D eigenvalue weighted by molar-refractivity contribution is 14.0. The van der Waals surface area contributed by atoms with Crippen molar-refractivity contribution in [2.45, 2.75) is 38.3 Å². The second kappa shape index (κ2) is 9.41. The van der Waals surface area contributed by atoms with Crippen LogP contribution in [0.4, 0.5) is 5.82 Å². The number of hydrogen-bond donors (Lipinski definition) is 2. The van der Waals surface area contributed by atoms with Crippen molar-refractivity contribution in [3.63, 3.8) is 0 Å². The molecule has 128 valence electrons. The average Bonchev–Trinajstić information content (AvgIpc) is 3.08. The third kappa shape index (κ3) is 5.63. The molecule has 1 aliphatic carbocycles. The Balaban J connectivity index is 0.00000208. The van der Waals surface area contributed by atoms with E-state index in [1.54, 1.807) is 12.4 Å². The first-order chi connectivity index (χ1) is 11.3. The molecule has 0 saturated heterocycles. The van der Waals surface area contributed by atoms with E-state index in [0.717, 1.165) is 18.4 Å². The van der Waals surface area contributed by atoms with E-state index in [2.05, 4.69) is 20.3 Å². The Hall–Kier alpha value is -1.90. The van der Waals surface area contributed by atoms with E-state index in [0.29, 0.717) is 30.3 Å². The molecule has 0 spiro atoms. The van der Waals surface area contributed by atoms with Crippen molar-refractivity contribution in [2.24, 2.45) is 10.7 Å². The Labute approximate surface area is 159 Å². The lowest BCUT2D eigenvalue weighted by atomic mass is 10.3. The van der Waals surface area contributed by atoms with E-state index in [4.69, 9.17) is 10.5 Å². The van der Waals surface area contributed by atoms with Crippen LogP contribution in [0.25, 0.3) is 0 Å². The summed E-state index contributed by atoms with van der Waals surface area (Å²) in [5.74, 6) is 1.69. The summed E-state index contributed by atoms with van der Waals surface area (Å²) in [6, 6.07) is 9.43. The van der Waals surface area contributed by atoms with E-state index in [9.17, 15) is 0 Å². The lowest BCUT2D eigenvalue weighted by Gasteiger charge is -2.11. The molecule has 1 fully saturated rings. The molecule has 0 unspecified atom stereocenters. The van der Waals surface area contributed by atoms with E-state index >= 15 is 0 Å². The number of rotatable bonds is 5. The third-order valence-electron chi connectivity index (χ3n) is 3.74. The normalized spacial score (nSPS) is 14.9. The number of nitrogens with two attached hydrogens (primary N) is 1. The number of hydrogen-bond acceptors (Lipinski definition) is 4. The van der Waals surface area contributed by atoms with Crippen LogP contribution in [0.1, 0.15) is 31.2 Å². The molecule has 6 nitrogen and oxygen atoms in total. The van der Waals surface area contributed by atoms with Gasteiger partial charge in [0.15, 0.2) is 5.96 Å². The number of anilines is 1. The van der Waals surface area contributed by atoms with Gasteiger partial charge in [0.25, 0.3) is 0 Å². The largest absolute Gasteiger partial charge is 0.474 e. The molecule has 0 aliphatic heterocycles. The molecule has 0 aromatic carbocycles.